The molecule has 1 fully saturated rings. The van der Waals surface area contributed by atoms with Gasteiger partial charge in [0.1, 0.15) is 0 Å². The molecule has 0 aliphatic heterocycles. The highest BCUT2D eigenvalue weighted by Crippen LogP contribution is 2.50. The minimum absolute atomic E-state index is 0.378. The molecule has 1 heterocycles. The molecule has 0 radical (unpaired) electrons. The number of hydrogen-bond donors (Lipinski definition) is 1. The largest absolute Gasteiger partial charge is 0.340 e. The van der Waals surface area contributed by atoms with Crippen LogP contribution in [0.5, 0.6) is 0 Å². The van der Waals surface area contributed by atoms with Crippen LogP contribution in [0.4, 0.5) is 0 Å². The Bertz CT molecular complexity index is 336. The molecule has 14 heavy (non-hydrogen) atoms. The molecule has 1 saturated carbocycles. The molecule has 1 aromatic rings. The maximum absolute atomic E-state index is 6.34. The van der Waals surface area contributed by atoms with Gasteiger partial charge in [-0.15, -0.1) is 0 Å². The summed E-state index contributed by atoms with van der Waals surface area (Å²) < 4.78 is 4.98. The normalized spacial score (nSPS) is 30.0. The third kappa shape index (κ3) is 1.34. The van der Waals surface area contributed by atoms with Gasteiger partial charge < -0.3 is 10.3 Å². The molecule has 78 valence electrons. The molecule has 1 aromatic heterocycles. The second-order valence-corrected chi connectivity index (χ2v) is 4.35. The number of nitrogens with two attached hydrogens (primary N) is 1. The summed E-state index contributed by atoms with van der Waals surface area (Å²) in [7, 11) is 0. The van der Waals surface area contributed by atoms with Gasteiger partial charge in [0.2, 0.25) is 5.89 Å². The Balaban J connectivity index is 2.28. The maximum atomic E-state index is 6.34. The highest BCUT2D eigenvalue weighted by Gasteiger charge is 2.50. The number of aryl methyl sites for hydroxylation is 1. The van der Waals surface area contributed by atoms with Crippen LogP contribution in [0.3, 0.4) is 0 Å². The minimum Gasteiger partial charge on any atom is -0.340 e. The van der Waals surface area contributed by atoms with Crippen LogP contribution >= 0.6 is 0 Å². The summed E-state index contributed by atoms with van der Waals surface area (Å²) in [5, 5.41) is 3.94. The molecule has 0 saturated heterocycles. The van der Waals surface area contributed by atoms with E-state index in [2.05, 4.69) is 24.0 Å². The fourth-order valence-corrected chi connectivity index (χ4v) is 2.11. The molecule has 0 aromatic carbocycles. The lowest BCUT2D eigenvalue weighted by molar-refractivity contribution is 0.308. The Morgan fingerprint density at radius 1 is 1.64 bits per heavy atom. The molecule has 0 bridgehead atoms. The number of nitrogens with zero attached hydrogens (tertiary/aromatic N) is 2. The van der Waals surface area contributed by atoms with Crippen LogP contribution in [0.15, 0.2) is 4.52 Å². The van der Waals surface area contributed by atoms with E-state index in [0.717, 1.165) is 6.42 Å². The van der Waals surface area contributed by atoms with Crippen LogP contribution in [0.1, 0.15) is 38.4 Å². The Hall–Kier alpha value is -0.900. The third-order valence-corrected chi connectivity index (χ3v) is 3.30. The summed E-state index contributed by atoms with van der Waals surface area (Å²) in [6.45, 7) is 6.09. The SMILES string of the molecule is CCC(N)(c1noc(C)n1)C1CC1C. The molecule has 3 atom stereocenters. The van der Waals surface area contributed by atoms with Crippen LogP contribution < -0.4 is 5.73 Å². The first-order valence-electron chi connectivity index (χ1n) is 5.17. The monoisotopic (exact) mass is 195 g/mol. The van der Waals surface area contributed by atoms with Crippen molar-refractivity contribution < 1.29 is 4.52 Å². The van der Waals surface area contributed by atoms with E-state index < -0.39 is 0 Å². The van der Waals surface area contributed by atoms with Gasteiger partial charge in [-0.25, -0.2) is 0 Å². The summed E-state index contributed by atoms with van der Waals surface area (Å²) in [6.07, 6.45) is 2.04. The average molecular weight is 195 g/mol. The topological polar surface area (TPSA) is 64.9 Å². The molecule has 0 amide bonds. The highest BCUT2D eigenvalue weighted by molar-refractivity contribution is 5.12. The van der Waals surface area contributed by atoms with Crippen molar-refractivity contribution in [1.29, 1.82) is 0 Å². The Morgan fingerprint density at radius 2 is 2.29 bits per heavy atom. The number of rotatable bonds is 3. The predicted molar refractivity (Wildman–Crippen MR) is 52.5 cm³/mol. The van der Waals surface area contributed by atoms with Crippen molar-refractivity contribution in [1.82, 2.24) is 10.1 Å². The van der Waals surface area contributed by atoms with E-state index >= 15 is 0 Å². The standard InChI is InChI=1S/C10H17N3O/c1-4-10(11,8-5-6(8)2)9-12-7(3)14-13-9/h6,8H,4-5,11H2,1-3H3. The fraction of sp³-hybridized carbons (Fsp3) is 0.800. The van der Waals surface area contributed by atoms with Crippen LogP contribution in [-0.4, -0.2) is 10.1 Å². The highest BCUT2D eigenvalue weighted by atomic mass is 16.5. The number of aromatic nitrogens is 2. The van der Waals surface area contributed by atoms with Crippen molar-refractivity contribution in [2.75, 3.05) is 0 Å². The summed E-state index contributed by atoms with van der Waals surface area (Å²) in [4.78, 5) is 4.25. The average Bonchev–Trinajstić information content (AvgIpc) is 2.73. The molecular weight excluding hydrogens is 178 g/mol. The van der Waals surface area contributed by atoms with Crippen molar-refractivity contribution in [3.8, 4) is 0 Å². The molecule has 4 nitrogen and oxygen atoms in total. The van der Waals surface area contributed by atoms with Crippen molar-refractivity contribution in [2.45, 2.75) is 39.2 Å². The van der Waals surface area contributed by atoms with E-state index in [9.17, 15) is 0 Å². The summed E-state index contributed by atoms with van der Waals surface area (Å²) in [6, 6.07) is 0. The fourth-order valence-electron chi connectivity index (χ4n) is 2.11. The third-order valence-electron chi connectivity index (χ3n) is 3.30. The van der Waals surface area contributed by atoms with E-state index in [1.165, 1.54) is 6.42 Å². The molecule has 0 spiro atoms. The van der Waals surface area contributed by atoms with Gasteiger partial charge >= 0.3 is 0 Å². The molecule has 2 N–H and O–H groups in total. The van der Waals surface area contributed by atoms with Crippen LogP contribution in [0.2, 0.25) is 0 Å². The zero-order valence-electron chi connectivity index (χ0n) is 8.95. The van der Waals surface area contributed by atoms with Crippen LogP contribution in [0, 0.1) is 18.8 Å². The molecule has 4 heteroatoms. The Labute approximate surface area is 83.9 Å². The summed E-state index contributed by atoms with van der Waals surface area (Å²) >= 11 is 0. The van der Waals surface area contributed by atoms with Gasteiger partial charge in [0.25, 0.3) is 0 Å². The van der Waals surface area contributed by atoms with Gasteiger partial charge in [-0.05, 0) is 24.7 Å². The predicted octanol–water partition coefficient (Wildman–Crippen LogP) is 1.60. The Kier molecular flexibility index (Phi) is 2.10. The van der Waals surface area contributed by atoms with Gasteiger partial charge in [-0.1, -0.05) is 19.0 Å². The zero-order chi connectivity index (χ0) is 10.3. The van der Waals surface area contributed by atoms with Gasteiger partial charge in [0.05, 0.1) is 5.54 Å². The lowest BCUT2D eigenvalue weighted by atomic mass is 9.89. The summed E-state index contributed by atoms with van der Waals surface area (Å²) in [5.41, 5.74) is 5.96. The number of hydrogen-bond acceptors (Lipinski definition) is 4. The maximum Gasteiger partial charge on any atom is 0.223 e. The van der Waals surface area contributed by atoms with Crippen molar-refractivity contribution >= 4 is 0 Å². The van der Waals surface area contributed by atoms with Gasteiger partial charge in [-0.2, -0.15) is 4.98 Å². The molecular formula is C10H17N3O. The van der Waals surface area contributed by atoms with Crippen LogP contribution in [-0.2, 0) is 5.54 Å². The van der Waals surface area contributed by atoms with Crippen LogP contribution in [0.25, 0.3) is 0 Å². The van der Waals surface area contributed by atoms with Crippen molar-refractivity contribution in [2.24, 2.45) is 17.6 Å². The van der Waals surface area contributed by atoms with E-state index in [-0.39, 0.29) is 5.54 Å². The first-order valence-corrected chi connectivity index (χ1v) is 5.17. The summed E-state index contributed by atoms with van der Waals surface area (Å²) in [5.74, 6) is 2.48. The lowest BCUT2D eigenvalue weighted by Gasteiger charge is -2.24. The molecule has 3 unspecified atom stereocenters. The molecule has 2 rings (SSSR count). The van der Waals surface area contributed by atoms with Crippen molar-refractivity contribution in [3.05, 3.63) is 11.7 Å². The minimum atomic E-state index is -0.378. The Morgan fingerprint density at radius 3 is 2.64 bits per heavy atom. The van der Waals surface area contributed by atoms with E-state index in [4.69, 9.17) is 10.3 Å². The second kappa shape index (κ2) is 3.05. The first-order chi connectivity index (χ1) is 6.58. The second-order valence-electron chi connectivity index (χ2n) is 4.35. The first kappa shape index (κ1) is 9.65. The van der Waals surface area contributed by atoms with Crippen molar-refractivity contribution in [3.63, 3.8) is 0 Å². The van der Waals surface area contributed by atoms with E-state index in [0.29, 0.717) is 23.6 Å². The smallest absolute Gasteiger partial charge is 0.223 e. The van der Waals surface area contributed by atoms with Gasteiger partial charge in [0.15, 0.2) is 5.82 Å². The molecule has 1 aliphatic rings. The quantitative estimate of drug-likeness (QED) is 0.795. The molecule has 1 aliphatic carbocycles. The van der Waals surface area contributed by atoms with Gasteiger partial charge in [0, 0.05) is 6.92 Å². The lowest BCUT2D eigenvalue weighted by Crippen LogP contribution is -2.40. The van der Waals surface area contributed by atoms with E-state index in [1.54, 1.807) is 6.92 Å². The zero-order valence-corrected chi connectivity index (χ0v) is 8.95. The van der Waals surface area contributed by atoms with E-state index in [1.807, 2.05) is 0 Å². The van der Waals surface area contributed by atoms with Gasteiger partial charge in [-0.3, -0.25) is 0 Å².